The number of carboxylic acids is 1. The Bertz CT molecular complexity index is 371. The minimum Gasteiger partial charge on any atom is -0.480 e. The molecule has 5 nitrogen and oxygen atoms in total. The molecule has 0 aromatic rings. The fraction of sp³-hybridized carbons (Fsp3) is 0.714. The normalized spacial score (nSPS) is 17.1. The summed E-state index contributed by atoms with van der Waals surface area (Å²) in [6.07, 6.45) is 8.17. The van der Waals surface area contributed by atoms with Gasteiger partial charge in [-0.3, -0.25) is 0 Å². The number of rotatable bonds is 7. The van der Waals surface area contributed by atoms with Gasteiger partial charge in [0.2, 0.25) is 0 Å². The van der Waals surface area contributed by atoms with Gasteiger partial charge < -0.3 is 15.3 Å². The van der Waals surface area contributed by atoms with Crippen LogP contribution in [0.2, 0.25) is 0 Å². The Morgan fingerprint density at radius 2 is 2.16 bits per heavy atom. The molecule has 1 aliphatic carbocycles. The van der Waals surface area contributed by atoms with Crippen molar-refractivity contribution in [3.05, 3.63) is 0 Å². The second-order valence-corrected chi connectivity index (χ2v) is 5.18. The summed E-state index contributed by atoms with van der Waals surface area (Å²) in [6.45, 7) is 4.54. The summed E-state index contributed by atoms with van der Waals surface area (Å²) in [5.41, 5.74) is 0. The van der Waals surface area contributed by atoms with Gasteiger partial charge in [0, 0.05) is 6.54 Å². The fourth-order valence-corrected chi connectivity index (χ4v) is 1.85. The molecule has 0 spiro atoms. The number of carbonyl (C=O) groups excluding carboxylic acids is 1. The van der Waals surface area contributed by atoms with Crippen LogP contribution in [0.3, 0.4) is 0 Å². The maximum atomic E-state index is 12.1. The quantitative estimate of drug-likeness (QED) is 0.687. The average Bonchev–Trinajstić information content (AvgIpc) is 3.17. The van der Waals surface area contributed by atoms with Gasteiger partial charge in [0.15, 0.2) is 0 Å². The topological polar surface area (TPSA) is 69.6 Å². The molecule has 0 aliphatic heterocycles. The molecule has 0 aromatic carbocycles. The molecule has 1 rings (SSSR count). The van der Waals surface area contributed by atoms with Crippen LogP contribution >= 0.6 is 0 Å². The van der Waals surface area contributed by atoms with Gasteiger partial charge in [-0.25, -0.2) is 9.59 Å². The Morgan fingerprint density at radius 1 is 1.53 bits per heavy atom. The van der Waals surface area contributed by atoms with Crippen LogP contribution in [0.1, 0.15) is 33.1 Å². The number of carboxylic acid groups (broad SMARTS) is 1. The minimum atomic E-state index is -1.00. The molecule has 5 heteroatoms. The average molecular weight is 266 g/mol. The number of terminal acetylenes is 1. The van der Waals surface area contributed by atoms with E-state index in [0.717, 1.165) is 12.8 Å². The molecule has 0 heterocycles. The molecular weight excluding hydrogens is 244 g/mol. The van der Waals surface area contributed by atoms with Gasteiger partial charge in [0.05, 0.1) is 6.54 Å². The zero-order valence-corrected chi connectivity index (χ0v) is 11.6. The van der Waals surface area contributed by atoms with Crippen molar-refractivity contribution in [3.8, 4) is 12.3 Å². The van der Waals surface area contributed by atoms with Crippen molar-refractivity contribution in [1.29, 1.82) is 0 Å². The van der Waals surface area contributed by atoms with Crippen LogP contribution in [-0.4, -0.2) is 41.1 Å². The minimum absolute atomic E-state index is 0.116. The highest BCUT2D eigenvalue weighted by atomic mass is 16.4. The Morgan fingerprint density at radius 3 is 2.58 bits per heavy atom. The van der Waals surface area contributed by atoms with E-state index >= 15 is 0 Å². The number of hydrogen-bond donors (Lipinski definition) is 2. The van der Waals surface area contributed by atoms with Gasteiger partial charge in [-0.2, -0.15) is 0 Å². The highest BCUT2D eigenvalue weighted by Gasteiger charge is 2.30. The van der Waals surface area contributed by atoms with Gasteiger partial charge in [-0.1, -0.05) is 26.2 Å². The lowest BCUT2D eigenvalue weighted by molar-refractivity contribution is -0.140. The Kier molecular flexibility index (Phi) is 5.68. The van der Waals surface area contributed by atoms with Crippen LogP contribution < -0.4 is 5.32 Å². The molecule has 106 valence electrons. The van der Waals surface area contributed by atoms with E-state index in [1.807, 2.05) is 13.8 Å². The maximum absolute atomic E-state index is 12.1. The first-order valence-corrected chi connectivity index (χ1v) is 6.71. The van der Waals surface area contributed by atoms with Gasteiger partial charge in [0.25, 0.3) is 0 Å². The highest BCUT2D eigenvalue weighted by Crippen LogP contribution is 2.29. The molecule has 2 atom stereocenters. The number of nitrogens with one attached hydrogen (secondary N) is 1. The van der Waals surface area contributed by atoms with E-state index in [9.17, 15) is 9.59 Å². The molecule has 0 aromatic heterocycles. The van der Waals surface area contributed by atoms with Crippen LogP contribution in [0.15, 0.2) is 0 Å². The summed E-state index contributed by atoms with van der Waals surface area (Å²) in [7, 11) is 0. The lowest BCUT2D eigenvalue weighted by Gasteiger charge is -2.26. The Balaban J connectivity index is 2.61. The summed E-state index contributed by atoms with van der Waals surface area (Å²) < 4.78 is 0. The second kappa shape index (κ2) is 7.03. The Labute approximate surface area is 114 Å². The molecule has 2 N–H and O–H groups in total. The maximum Gasteiger partial charge on any atom is 0.326 e. The number of aliphatic carboxylic acids is 1. The van der Waals surface area contributed by atoms with Crippen molar-refractivity contribution in [2.45, 2.75) is 39.2 Å². The molecule has 0 radical (unpaired) electrons. The molecule has 1 saturated carbocycles. The first-order chi connectivity index (χ1) is 8.99. The van der Waals surface area contributed by atoms with E-state index < -0.39 is 12.0 Å². The van der Waals surface area contributed by atoms with Gasteiger partial charge in [0.1, 0.15) is 6.04 Å². The van der Waals surface area contributed by atoms with E-state index in [2.05, 4.69) is 11.2 Å². The van der Waals surface area contributed by atoms with Crippen molar-refractivity contribution in [2.24, 2.45) is 11.8 Å². The van der Waals surface area contributed by atoms with Crippen molar-refractivity contribution in [2.75, 3.05) is 13.1 Å². The lowest BCUT2D eigenvalue weighted by Crippen LogP contribution is -2.51. The van der Waals surface area contributed by atoms with E-state index in [1.54, 1.807) is 0 Å². The zero-order valence-electron chi connectivity index (χ0n) is 11.6. The van der Waals surface area contributed by atoms with E-state index in [1.165, 1.54) is 4.90 Å². The van der Waals surface area contributed by atoms with Gasteiger partial charge >= 0.3 is 12.0 Å². The first-order valence-electron chi connectivity index (χ1n) is 6.71. The van der Waals surface area contributed by atoms with E-state index in [4.69, 9.17) is 11.5 Å². The predicted octanol–water partition coefficient (Wildman–Crippen LogP) is 1.54. The highest BCUT2D eigenvalue weighted by molar-refractivity contribution is 5.83. The summed E-state index contributed by atoms with van der Waals surface area (Å²) >= 11 is 0. The fourth-order valence-electron chi connectivity index (χ4n) is 1.85. The third kappa shape index (κ3) is 4.82. The number of amides is 2. The monoisotopic (exact) mass is 266 g/mol. The molecule has 0 bridgehead atoms. The number of carbonyl (C=O) groups is 2. The third-order valence-corrected chi connectivity index (χ3v) is 3.50. The molecule has 2 amide bonds. The van der Waals surface area contributed by atoms with Crippen LogP contribution in [-0.2, 0) is 4.79 Å². The SMILES string of the molecule is C#CCN(CC1CC1)C(=O)NC(C(=O)O)C(C)CC. The largest absolute Gasteiger partial charge is 0.480 e. The zero-order chi connectivity index (χ0) is 14.4. The van der Waals surface area contributed by atoms with Gasteiger partial charge in [-0.05, 0) is 24.7 Å². The molecule has 1 fully saturated rings. The molecule has 19 heavy (non-hydrogen) atoms. The summed E-state index contributed by atoms with van der Waals surface area (Å²) in [5, 5.41) is 11.7. The van der Waals surface area contributed by atoms with Crippen molar-refractivity contribution in [3.63, 3.8) is 0 Å². The standard InChI is InChI=1S/C14H22N2O3/c1-4-8-16(9-11-6-7-11)14(19)15-12(13(17)18)10(3)5-2/h1,10-12H,5-9H2,2-3H3,(H,15,19)(H,17,18). The first kappa shape index (κ1) is 15.4. The number of nitrogens with zero attached hydrogens (tertiary/aromatic N) is 1. The second-order valence-electron chi connectivity index (χ2n) is 5.18. The summed E-state index contributed by atoms with van der Waals surface area (Å²) in [6, 6.07) is -1.24. The van der Waals surface area contributed by atoms with Crippen LogP contribution in [0.4, 0.5) is 4.79 Å². The van der Waals surface area contributed by atoms with Crippen LogP contribution in [0.5, 0.6) is 0 Å². The predicted molar refractivity (Wildman–Crippen MR) is 72.5 cm³/mol. The summed E-state index contributed by atoms with van der Waals surface area (Å²) in [5.74, 6) is 1.84. The van der Waals surface area contributed by atoms with E-state index in [0.29, 0.717) is 18.9 Å². The Hall–Kier alpha value is -1.70. The smallest absolute Gasteiger partial charge is 0.326 e. The number of hydrogen-bond acceptors (Lipinski definition) is 2. The third-order valence-electron chi connectivity index (χ3n) is 3.50. The molecule has 1 aliphatic rings. The van der Waals surface area contributed by atoms with Gasteiger partial charge in [-0.15, -0.1) is 6.42 Å². The van der Waals surface area contributed by atoms with Crippen LogP contribution in [0, 0.1) is 24.2 Å². The lowest BCUT2D eigenvalue weighted by atomic mass is 9.99. The van der Waals surface area contributed by atoms with Crippen molar-refractivity contribution >= 4 is 12.0 Å². The van der Waals surface area contributed by atoms with Crippen molar-refractivity contribution < 1.29 is 14.7 Å². The summed E-state index contributed by atoms with van der Waals surface area (Å²) in [4.78, 5) is 24.8. The van der Waals surface area contributed by atoms with Crippen molar-refractivity contribution in [1.82, 2.24) is 10.2 Å². The number of urea groups is 1. The van der Waals surface area contributed by atoms with E-state index in [-0.39, 0.29) is 18.5 Å². The van der Waals surface area contributed by atoms with Crippen LogP contribution in [0.25, 0.3) is 0 Å². The molecular formula is C14H22N2O3. The molecule has 0 saturated heterocycles. The molecule has 2 unspecified atom stereocenters.